The van der Waals surface area contributed by atoms with Crippen molar-refractivity contribution in [3.8, 4) is 0 Å². The van der Waals surface area contributed by atoms with Crippen LogP contribution in [0.1, 0.15) is 11.1 Å². The van der Waals surface area contributed by atoms with Crippen molar-refractivity contribution in [1.29, 1.82) is 0 Å². The molecule has 2 aromatic rings. The van der Waals surface area contributed by atoms with E-state index in [0.717, 1.165) is 22.1 Å². The Hall–Kier alpha value is -1.28. The van der Waals surface area contributed by atoms with Crippen molar-refractivity contribution in [1.82, 2.24) is 0 Å². The third-order valence-electron chi connectivity index (χ3n) is 2.01. The van der Waals surface area contributed by atoms with Crippen molar-refractivity contribution >= 4 is 11.0 Å². The standard InChI is InChI=1S/C10H10O2/c1-7-6-12-10-3-2-8(5-11)4-9(7)10/h2-4,6,11H,5H2,1H3. The molecule has 2 nitrogen and oxygen atoms in total. The van der Waals surface area contributed by atoms with Gasteiger partial charge in [0.1, 0.15) is 5.58 Å². The fourth-order valence-corrected chi connectivity index (χ4v) is 1.30. The Morgan fingerprint density at radius 3 is 3.00 bits per heavy atom. The van der Waals surface area contributed by atoms with E-state index in [9.17, 15) is 0 Å². The molecule has 0 spiro atoms. The molecule has 0 unspecified atom stereocenters. The van der Waals surface area contributed by atoms with Crippen LogP contribution >= 0.6 is 0 Å². The van der Waals surface area contributed by atoms with Gasteiger partial charge in [0.25, 0.3) is 0 Å². The third-order valence-corrected chi connectivity index (χ3v) is 2.01. The van der Waals surface area contributed by atoms with E-state index in [2.05, 4.69) is 0 Å². The molecule has 0 saturated carbocycles. The molecule has 0 amide bonds. The van der Waals surface area contributed by atoms with Crippen LogP contribution in [0, 0.1) is 6.92 Å². The molecule has 62 valence electrons. The smallest absolute Gasteiger partial charge is 0.134 e. The molecule has 0 fully saturated rings. The second-order valence-corrected chi connectivity index (χ2v) is 2.91. The third kappa shape index (κ3) is 1.01. The van der Waals surface area contributed by atoms with E-state index in [4.69, 9.17) is 9.52 Å². The van der Waals surface area contributed by atoms with Gasteiger partial charge in [-0.2, -0.15) is 0 Å². The highest BCUT2D eigenvalue weighted by molar-refractivity contribution is 5.81. The summed E-state index contributed by atoms with van der Waals surface area (Å²) in [5.41, 5.74) is 2.91. The Labute approximate surface area is 70.4 Å². The van der Waals surface area contributed by atoms with Crippen molar-refractivity contribution in [2.45, 2.75) is 13.5 Å². The van der Waals surface area contributed by atoms with Crippen LogP contribution in [0.3, 0.4) is 0 Å². The van der Waals surface area contributed by atoms with Crippen LogP contribution in [0.25, 0.3) is 11.0 Å². The van der Waals surface area contributed by atoms with Crippen LogP contribution in [-0.4, -0.2) is 5.11 Å². The highest BCUT2D eigenvalue weighted by atomic mass is 16.3. The summed E-state index contributed by atoms with van der Waals surface area (Å²) < 4.78 is 5.27. The highest BCUT2D eigenvalue weighted by Gasteiger charge is 2.01. The van der Waals surface area contributed by atoms with E-state index in [0.29, 0.717) is 0 Å². The number of rotatable bonds is 1. The van der Waals surface area contributed by atoms with Crippen LogP contribution in [0.5, 0.6) is 0 Å². The SMILES string of the molecule is Cc1coc2ccc(CO)cc12. The summed E-state index contributed by atoms with van der Waals surface area (Å²) in [6.45, 7) is 2.08. The molecule has 0 aliphatic carbocycles. The van der Waals surface area contributed by atoms with E-state index in [1.807, 2.05) is 25.1 Å². The zero-order valence-corrected chi connectivity index (χ0v) is 6.87. The molecule has 0 radical (unpaired) electrons. The van der Waals surface area contributed by atoms with E-state index in [1.54, 1.807) is 6.26 Å². The second-order valence-electron chi connectivity index (χ2n) is 2.91. The van der Waals surface area contributed by atoms with Crippen molar-refractivity contribution in [2.24, 2.45) is 0 Å². The quantitative estimate of drug-likeness (QED) is 0.697. The number of aryl methyl sites for hydroxylation is 1. The molecule has 0 saturated heterocycles. The molecule has 1 heterocycles. The lowest BCUT2D eigenvalue weighted by molar-refractivity contribution is 0.282. The summed E-state index contributed by atoms with van der Waals surface area (Å²) in [5.74, 6) is 0. The lowest BCUT2D eigenvalue weighted by Gasteiger charge is -1.94. The maximum atomic E-state index is 8.89. The summed E-state index contributed by atoms with van der Waals surface area (Å²) in [6.07, 6.45) is 1.73. The molecular weight excluding hydrogens is 152 g/mol. The van der Waals surface area contributed by atoms with Gasteiger partial charge in [0.2, 0.25) is 0 Å². The van der Waals surface area contributed by atoms with Crippen molar-refractivity contribution in [2.75, 3.05) is 0 Å². The van der Waals surface area contributed by atoms with Gasteiger partial charge < -0.3 is 9.52 Å². The Balaban J connectivity index is 2.71. The van der Waals surface area contributed by atoms with Crippen LogP contribution in [0.15, 0.2) is 28.9 Å². The van der Waals surface area contributed by atoms with Gasteiger partial charge in [-0.15, -0.1) is 0 Å². The summed E-state index contributed by atoms with van der Waals surface area (Å²) in [7, 11) is 0. The van der Waals surface area contributed by atoms with Crippen molar-refractivity contribution in [3.05, 3.63) is 35.6 Å². The van der Waals surface area contributed by atoms with E-state index in [1.165, 1.54) is 0 Å². The van der Waals surface area contributed by atoms with Gasteiger partial charge in [0.05, 0.1) is 12.9 Å². The molecule has 0 aliphatic rings. The maximum absolute atomic E-state index is 8.89. The molecular formula is C10H10O2. The highest BCUT2D eigenvalue weighted by Crippen LogP contribution is 2.21. The second kappa shape index (κ2) is 2.64. The first-order valence-corrected chi connectivity index (χ1v) is 3.89. The van der Waals surface area contributed by atoms with Crippen LogP contribution in [-0.2, 0) is 6.61 Å². The predicted octanol–water partition coefficient (Wildman–Crippen LogP) is 2.23. The van der Waals surface area contributed by atoms with Crippen LogP contribution in [0.4, 0.5) is 0 Å². The minimum atomic E-state index is 0.0839. The topological polar surface area (TPSA) is 33.4 Å². The number of furan rings is 1. The fraction of sp³-hybridized carbons (Fsp3) is 0.200. The molecule has 2 rings (SSSR count). The number of aliphatic hydroxyl groups excluding tert-OH is 1. The first kappa shape index (κ1) is 7.37. The fourth-order valence-electron chi connectivity index (χ4n) is 1.30. The molecule has 1 aromatic heterocycles. The van der Waals surface area contributed by atoms with Gasteiger partial charge in [0.15, 0.2) is 0 Å². The Kier molecular flexibility index (Phi) is 1.62. The summed E-state index contributed by atoms with van der Waals surface area (Å²) in [5, 5.41) is 9.98. The summed E-state index contributed by atoms with van der Waals surface area (Å²) in [6, 6.07) is 5.70. The number of hydrogen-bond donors (Lipinski definition) is 1. The molecule has 1 aromatic carbocycles. The number of aliphatic hydroxyl groups is 1. The minimum absolute atomic E-state index is 0.0839. The average Bonchev–Trinajstić information content (AvgIpc) is 2.47. The lowest BCUT2D eigenvalue weighted by Crippen LogP contribution is -1.80. The number of fused-ring (bicyclic) bond motifs is 1. The molecule has 0 bridgehead atoms. The lowest BCUT2D eigenvalue weighted by atomic mass is 10.1. The largest absolute Gasteiger partial charge is 0.464 e. The molecule has 1 N–H and O–H groups in total. The Morgan fingerprint density at radius 2 is 2.25 bits per heavy atom. The minimum Gasteiger partial charge on any atom is -0.464 e. The Bertz CT molecular complexity index is 401. The average molecular weight is 162 g/mol. The molecule has 0 aliphatic heterocycles. The molecule has 0 atom stereocenters. The van der Waals surface area contributed by atoms with Crippen LogP contribution < -0.4 is 0 Å². The van der Waals surface area contributed by atoms with Gasteiger partial charge in [-0.1, -0.05) is 6.07 Å². The van der Waals surface area contributed by atoms with Crippen LogP contribution in [0.2, 0.25) is 0 Å². The monoisotopic (exact) mass is 162 g/mol. The van der Waals surface area contributed by atoms with E-state index in [-0.39, 0.29) is 6.61 Å². The van der Waals surface area contributed by atoms with E-state index >= 15 is 0 Å². The van der Waals surface area contributed by atoms with Gasteiger partial charge in [0, 0.05) is 5.39 Å². The number of hydrogen-bond acceptors (Lipinski definition) is 2. The molecule has 12 heavy (non-hydrogen) atoms. The normalized spacial score (nSPS) is 10.8. The van der Waals surface area contributed by atoms with Gasteiger partial charge in [-0.05, 0) is 30.2 Å². The van der Waals surface area contributed by atoms with Crippen molar-refractivity contribution < 1.29 is 9.52 Å². The predicted molar refractivity (Wildman–Crippen MR) is 46.9 cm³/mol. The zero-order chi connectivity index (χ0) is 8.55. The van der Waals surface area contributed by atoms with Crippen molar-refractivity contribution in [3.63, 3.8) is 0 Å². The number of benzene rings is 1. The van der Waals surface area contributed by atoms with Gasteiger partial charge in [-0.25, -0.2) is 0 Å². The first-order valence-electron chi connectivity index (χ1n) is 3.89. The summed E-state index contributed by atoms with van der Waals surface area (Å²) >= 11 is 0. The van der Waals surface area contributed by atoms with E-state index < -0.39 is 0 Å². The molecule has 2 heteroatoms. The first-order chi connectivity index (χ1) is 5.81. The maximum Gasteiger partial charge on any atom is 0.134 e. The zero-order valence-electron chi connectivity index (χ0n) is 6.87. The van der Waals surface area contributed by atoms with Gasteiger partial charge >= 0.3 is 0 Å². The Morgan fingerprint density at radius 1 is 1.42 bits per heavy atom. The van der Waals surface area contributed by atoms with Gasteiger partial charge in [-0.3, -0.25) is 0 Å². The summed E-state index contributed by atoms with van der Waals surface area (Å²) in [4.78, 5) is 0.